The topological polar surface area (TPSA) is 72.7 Å². The summed E-state index contributed by atoms with van der Waals surface area (Å²) < 4.78 is 39.5. The molecule has 0 aliphatic rings. The van der Waals surface area contributed by atoms with Crippen molar-refractivity contribution in [3.05, 3.63) is 95.7 Å². The molecule has 0 fully saturated rings. The molecular weight excluding hydrogens is 419 g/mol. The van der Waals surface area contributed by atoms with Gasteiger partial charge in [-0.3, -0.25) is 4.79 Å². The van der Waals surface area contributed by atoms with Crippen LogP contribution in [0, 0.1) is 6.92 Å². The van der Waals surface area contributed by atoms with Gasteiger partial charge in [-0.25, -0.2) is 14.6 Å². The number of halogens is 3. The summed E-state index contributed by atoms with van der Waals surface area (Å²) in [6.07, 6.45) is -0.892. The molecule has 2 heterocycles. The third kappa shape index (κ3) is 4.66. The van der Waals surface area contributed by atoms with Crippen molar-refractivity contribution >= 4 is 5.91 Å². The Balaban J connectivity index is 1.59. The van der Waals surface area contributed by atoms with Crippen LogP contribution in [0.1, 0.15) is 27.3 Å². The van der Waals surface area contributed by atoms with Crippen LogP contribution in [0.15, 0.2) is 73.2 Å². The highest BCUT2D eigenvalue weighted by Gasteiger charge is 2.34. The van der Waals surface area contributed by atoms with Gasteiger partial charge in [0.1, 0.15) is 5.69 Å². The summed E-state index contributed by atoms with van der Waals surface area (Å²) >= 11 is 0. The van der Waals surface area contributed by atoms with Crippen LogP contribution in [-0.2, 0) is 12.7 Å². The predicted octanol–water partition coefficient (Wildman–Crippen LogP) is 4.59. The lowest BCUT2D eigenvalue weighted by Gasteiger charge is -2.07. The van der Waals surface area contributed by atoms with Gasteiger partial charge in [0.2, 0.25) is 5.82 Å². The minimum atomic E-state index is -4.61. The van der Waals surface area contributed by atoms with E-state index in [1.165, 1.54) is 0 Å². The number of nitrogens with one attached hydrogen (secondary N) is 1. The molecule has 32 heavy (non-hydrogen) atoms. The molecule has 0 bridgehead atoms. The maximum atomic E-state index is 13.0. The van der Waals surface area contributed by atoms with E-state index >= 15 is 0 Å². The number of hydrogen-bond acceptors (Lipinski definition) is 4. The summed E-state index contributed by atoms with van der Waals surface area (Å²) in [7, 11) is 0. The molecule has 1 N–H and O–H groups in total. The van der Waals surface area contributed by atoms with Crippen LogP contribution in [0.25, 0.3) is 16.9 Å². The number of aryl methyl sites for hydroxylation is 1. The van der Waals surface area contributed by atoms with E-state index in [1.807, 2.05) is 61.5 Å². The van der Waals surface area contributed by atoms with E-state index in [0.717, 1.165) is 29.2 Å². The van der Waals surface area contributed by atoms with Gasteiger partial charge >= 0.3 is 6.18 Å². The lowest BCUT2D eigenvalue weighted by Crippen LogP contribution is -2.23. The third-order valence-corrected chi connectivity index (χ3v) is 4.72. The number of carbonyl (C=O) groups excluding carboxylic acids is 1. The maximum absolute atomic E-state index is 13.0. The monoisotopic (exact) mass is 437 g/mol. The average Bonchev–Trinajstić information content (AvgIpc) is 3.24. The smallest absolute Gasteiger partial charge is 0.348 e. The highest BCUT2D eigenvalue weighted by atomic mass is 19.4. The van der Waals surface area contributed by atoms with Gasteiger partial charge < -0.3 is 5.32 Å². The van der Waals surface area contributed by atoms with Crippen molar-refractivity contribution in [3.63, 3.8) is 0 Å². The maximum Gasteiger partial charge on any atom is 0.451 e. The van der Waals surface area contributed by atoms with E-state index in [9.17, 15) is 18.0 Å². The molecule has 0 atom stereocenters. The lowest BCUT2D eigenvalue weighted by atomic mass is 10.1. The number of alkyl halides is 3. The van der Waals surface area contributed by atoms with Gasteiger partial charge in [-0.2, -0.15) is 18.3 Å². The summed E-state index contributed by atoms with van der Waals surface area (Å²) in [5.74, 6) is -1.64. The normalized spacial score (nSPS) is 11.4. The van der Waals surface area contributed by atoms with Crippen LogP contribution < -0.4 is 5.32 Å². The molecule has 0 unspecified atom stereocenters. The zero-order valence-electron chi connectivity index (χ0n) is 17.0. The Bertz CT molecular complexity index is 1220. The van der Waals surface area contributed by atoms with Crippen LogP contribution in [-0.4, -0.2) is 25.7 Å². The fourth-order valence-electron chi connectivity index (χ4n) is 3.05. The molecule has 0 aliphatic heterocycles. The number of carbonyl (C=O) groups is 1. The second kappa shape index (κ2) is 8.62. The second-order valence-corrected chi connectivity index (χ2v) is 7.13. The number of aromatic nitrogens is 4. The van der Waals surface area contributed by atoms with E-state index < -0.39 is 17.9 Å². The van der Waals surface area contributed by atoms with Crippen LogP contribution in [0.2, 0.25) is 0 Å². The second-order valence-electron chi connectivity index (χ2n) is 7.13. The minimum Gasteiger partial charge on any atom is -0.348 e. The lowest BCUT2D eigenvalue weighted by molar-refractivity contribution is -0.145. The molecule has 4 rings (SSSR count). The standard InChI is InChI=1S/C23H18F3N5O/c1-15-7-9-18(10-8-15)31-14-19(20(30-31)17-5-3-2-4-6-17)21(32)27-11-16-12-28-22(29-13-16)23(24,25)26/h2-10,12-14H,11H2,1H3,(H,27,32). The summed E-state index contributed by atoms with van der Waals surface area (Å²) in [5.41, 5.74) is 3.83. The van der Waals surface area contributed by atoms with Crippen molar-refractivity contribution in [2.24, 2.45) is 0 Å². The molecular formula is C23H18F3N5O. The van der Waals surface area contributed by atoms with E-state index in [1.54, 1.807) is 10.9 Å². The summed E-state index contributed by atoms with van der Waals surface area (Å²) in [6, 6.07) is 17.0. The van der Waals surface area contributed by atoms with Crippen molar-refractivity contribution in [2.45, 2.75) is 19.6 Å². The first-order valence-corrected chi connectivity index (χ1v) is 9.70. The van der Waals surface area contributed by atoms with Gasteiger partial charge in [-0.1, -0.05) is 48.0 Å². The Morgan fingerprint density at radius 3 is 2.28 bits per heavy atom. The first-order chi connectivity index (χ1) is 15.3. The van der Waals surface area contributed by atoms with Crippen molar-refractivity contribution in [1.82, 2.24) is 25.1 Å². The number of rotatable bonds is 5. The van der Waals surface area contributed by atoms with E-state index in [0.29, 0.717) is 16.8 Å². The first kappa shape index (κ1) is 21.2. The van der Waals surface area contributed by atoms with E-state index in [-0.39, 0.29) is 6.54 Å². The number of nitrogens with zero attached hydrogens (tertiary/aromatic N) is 4. The summed E-state index contributed by atoms with van der Waals surface area (Å²) in [5, 5.41) is 7.31. The van der Waals surface area contributed by atoms with Crippen molar-refractivity contribution < 1.29 is 18.0 Å². The van der Waals surface area contributed by atoms with Gasteiger partial charge in [-0.05, 0) is 19.1 Å². The number of benzene rings is 2. The van der Waals surface area contributed by atoms with Crippen molar-refractivity contribution in [1.29, 1.82) is 0 Å². The zero-order valence-corrected chi connectivity index (χ0v) is 17.0. The Labute approximate surface area is 181 Å². The van der Waals surface area contributed by atoms with Crippen molar-refractivity contribution in [3.8, 4) is 16.9 Å². The quantitative estimate of drug-likeness (QED) is 0.496. The zero-order chi connectivity index (χ0) is 22.7. The molecule has 4 aromatic rings. The van der Waals surface area contributed by atoms with Gasteiger partial charge in [0.05, 0.1) is 11.3 Å². The average molecular weight is 437 g/mol. The molecule has 2 aromatic heterocycles. The van der Waals surface area contributed by atoms with Gasteiger partial charge in [-0.15, -0.1) is 0 Å². The van der Waals surface area contributed by atoms with E-state index in [2.05, 4.69) is 20.4 Å². The van der Waals surface area contributed by atoms with Gasteiger partial charge in [0.15, 0.2) is 0 Å². The molecule has 0 saturated heterocycles. The van der Waals surface area contributed by atoms with Gasteiger partial charge in [0, 0.05) is 36.3 Å². The molecule has 0 saturated carbocycles. The van der Waals surface area contributed by atoms with Crippen LogP contribution in [0.5, 0.6) is 0 Å². The molecule has 0 radical (unpaired) electrons. The van der Waals surface area contributed by atoms with Crippen LogP contribution in [0.3, 0.4) is 0 Å². The Hall–Kier alpha value is -4.01. The fraction of sp³-hybridized carbons (Fsp3) is 0.130. The van der Waals surface area contributed by atoms with Crippen LogP contribution >= 0.6 is 0 Å². The minimum absolute atomic E-state index is 0.0269. The largest absolute Gasteiger partial charge is 0.451 e. The Morgan fingerprint density at radius 2 is 1.66 bits per heavy atom. The molecule has 2 aromatic carbocycles. The Kier molecular flexibility index (Phi) is 5.72. The molecule has 1 amide bonds. The first-order valence-electron chi connectivity index (χ1n) is 9.70. The summed E-state index contributed by atoms with van der Waals surface area (Å²) in [4.78, 5) is 19.6. The predicted molar refractivity (Wildman–Crippen MR) is 112 cm³/mol. The molecule has 6 nitrogen and oxygen atoms in total. The van der Waals surface area contributed by atoms with Crippen LogP contribution in [0.4, 0.5) is 13.2 Å². The molecule has 9 heteroatoms. The third-order valence-electron chi connectivity index (χ3n) is 4.72. The highest BCUT2D eigenvalue weighted by Crippen LogP contribution is 2.26. The molecule has 0 spiro atoms. The Morgan fingerprint density at radius 1 is 1.00 bits per heavy atom. The number of amides is 1. The number of hydrogen-bond donors (Lipinski definition) is 1. The van der Waals surface area contributed by atoms with E-state index in [4.69, 9.17) is 0 Å². The molecule has 162 valence electrons. The SMILES string of the molecule is Cc1ccc(-n2cc(C(=O)NCc3cnc(C(F)(F)F)nc3)c(-c3ccccc3)n2)cc1. The molecule has 0 aliphatic carbocycles. The van der Waals surface area contributed by atoms with Crippen molar-refractivity contribution in [2.75, 3.05) is 0 Å². The highest BCUT2D eigenvalue weighted by molar-refractivity contribution is 5.99. The van der Waals surface area contributed by atoms with Gasteiger partial charge in [0.25, 0.3) is 5.91 Å². The fourth-order valence-corrected chi connectivity index (χ4v) is 3.05. The summed E-state index contributed by atoms with van der Waals surface area (Å²) in [6.45, 7) is 1.95.